The summed E-state index contributed by atoms with van der Waals surface area (Å²) in [5, 5.41) is 4.26. The molecule has 1 amide bonds. The molecule has 2 aliphatic heterocycles. The van der Waals surface area contributed by atoms with Crippen LogP contribution in [0.15, 0.2) is 66.7 Å². The van der Waals surface area contributed by atoms with E-state index in [0.29, 0.717) is 63.3 Å². The molecule has 3 aromatic carbocycles. The maximum Gasteiger partial charge on any atom is 0.416 e. The summed E-state index contributed by atoms with van der Waals surface area (Å²) in [5.41, 5.74) is 1.86. The van der Waals surface area contributed by atoms with E-state index >= 15 is 0 Å². The highest BCUT2D eigenvalue weighted by Gasteiger charge is 2.46. The van der Waals surface area contributed by atoms with Gasteiger partial charge in [-0.3, -0.25) is 9.69 Å². The van der Waals surface area contributed by atoms with Crippen molar-refractivity contribution in [3.05, 3.63) is 94.0 Å². The number of aromatic nitrogens is 1. The summed E-state index contributed by atoms with van der Waals surface area (Å²) in [7, 11) is 0. The molecule has 0 bridgehead atoms. The van der Waals surface area contributed by atoms with Crippen molar-refractivity contribution in [2.24, 2.45) is 0 Å². The fourth-order valence-electron chi connectivity index (χ4n) is 7.72. The van der Waals surface area contributed by atoms with Crippen LogP contribution in [0.3, 0.4) is 0 Å². The Balaban J connectivity index is 1.35. The van der Waals surface area contributed by atoms with Crippen molar-refractivity contribution in [3.63, 3.8) is 0 Å². The minimum Gasteiger partial charge on any atom is -0.492 e. The zero-order valence-corrected chi connectivity index (χ0v) is 29.3. The SMILES string of the molecule is CCCOc1cc2nc(-c3cccc(C(F)(F)F)c3)c(CN3CCC(N4CCCCC4)CC3)c(C(=O)NC3(c4ccccc4)CC3)c2cc1Cl. The Morgan fingerprint density at radius 2 is 1.72 bits per heavy atom. The molecular formula is C40H44ClF3N4O2. The Morgan fingerprint density at radius 1 is 0.980 bits per heavy atom. The minimum absolute atomic E-state index is 0.288. The Labute approximate surface area is 297 Å². The number of hydrogen-bond acceptors (Lipinski definition) is 5. The molecular weight excluding hydrogens is 661 g/mol. The van der Waals surface area contributed by atoms with Crippen LogP contribution in [0.5, 0.6) is 5.75 Å². The molecule has 2 saturated heterocycles. The van der Waals surface area contributed by atoms with Gasteiger partial charge in [0.05, 0.1) is 39.5 Å². The summed E-state index contributed by atoms with van der Waals surface area (Å²) in [6.45, 7) is 6.71. The Bertz CT molecular complexity index is 1830. The molecule has 1 aromatic heterocycles. The molecule has 1 saturated carbocycles. The van der Waals surface area contributed by atoms with E-state index in [1.54, 1.807) is 18.2 Å². The molecule has 6 nitrogen and oxygen atoms in total. The predicted molar refractivity (Wildman–Crippen MR) is 192 cm³/mol. The number of rotatable bonds is 10. The van der Waals surface area contributed by atoms with Gasteiger partial charge in [-0.25, -0.2) is 4.98 Å². The van der Waals surface area contributed by atoms with Crippen LogP contribution in [-0.2, 0) is 18.3 Å². The number of nitrogens with one attached hydrogen (secondary N) is 1. The highest BCUT2D eigenvalue weighted by molar-refractivity contribution is 6.33. The van der Waals surface area contributed by atoms with Crippen molar-refractivity contribution < 1.29 is 22.7 Å². The van der Waals surface area contributed by atoms with Gasteiger partial charge in [-0.2, -0.15) is 13.2 Å². The molecule has 264 valence electrons. The second-order valence-corrected chi connectivity index (χ2v) is 14.5. The average molecular weight is 705 g/mol. The van der Waals surface area contributed by atoms with Crippen LogP contribution in [-0.4, -0.2) is 59.5 Å². The molecule has 4 aromatic rings. The molecule has 0 unspecified atom stereocenters. The van der Waals surface area contributed by atoms with Gasteiger partial charge in [0.25, 0.3) is 5.91 Å². The number of nitrogens with zero attached hydrogens (tertiary/aromatic N) is 3. The van der Waals surface area contributed by atoms with E-state index in [1.807, 2.05) is 37.3 Å². The van der Waals surface area contributed by atoms with Gasteiger partial charge >= 0.3 is 6.18 Å². The van der Waals surface area contributed by atoms with E-state index in [9.17, 15) is 18.0 Å². The highest BCUT2D eigenvalue weighted by Crippen LogP contribution is 2.46. The molecule has 0 spiro atoms. The molecule has 0 atom stereocenters. The van der Waals surface area contributed by atoms with Gasteiger partial charge in [0, 0.05) is 35.2 Å². The standard InChI is InChI=1S/C40H44ClF3N4O2/c1-2-22-50-35-25-34-31(24-33(35)41)36(38(49)46-39(16-17-39)28-11-5-3-6-12-28)32(37(45-34)27-10-9-13-29(23-27)40(42,43)44)26-47-20-14-30(15-21-47)48-18-7-4-8-19-48/h3,5-6,9-13,23-25,30H,2,4,7-8,14-22,26H2,1H3,(H,46,49). The van der Waals surface area contributed by atoms with Gasteiger partial charge < -0.3 is 15.0 Å². The number of carbonyl (C=O) groups excluding carboxylic acids is 1. The number of piperidine rings is 2. The molecule has 3 fully saturated rings. The summed E-state index contributed by atoms with van der Waals surface area (Å²) < 4.78 is 48.1. The number of benzene rings is 3. The second kappa shape index (κ2) is 14.5. The van der Waals surface area contributed by atoms with Gasteiger partial charge in [0.2, 0.25) is 0 Å². The molecule has 3 heterocycles. The number of likely N-dealkylation sites (tertiary alicyclic amines) is 2. The van der Waals surface area contributed by atoms with E-state index in [4.69, 9.17) is 21.3 Å². The minimum atomic E-state index is -4.54. The molecule has 10 heteroatoms. The zero-order chi connectivity index (χ0) is 34.9. The Kier molecular flexibility index (Phi) is 10.1. The van der Waals surface area contributed by atoms with Gasteiger partial charge in [-0.05, 0) is 94.9 Å². The summed E-state index contributed by atoms with van der Waals surface area (Å²) in [6.07, 6.45) is 3.58. The van der Waals surface area contributed by atoms with Crippen LogP contribution < -0.4 is 10.1 Å². The topological polar surface area (TPSA) is 57.7 Å². The Hall–Kier alpha value is -3.66. The lowest BCUT2D eigenvalue weighted by Gasteiger charge is -2.40. The molecule has 3 aliphatic rings. The maximum absolute atomic E-state index is 14.8. The van der Waals surface area contributed by atoms with Gasteiger partial charge in [-0.15, -0.1) is 0 Å². The average Bonchev–Trinajstić information content (AvgIpc) is 3.91. The quantitative estimate of drug-likeness (QED) is 0.178. The number of pyridine rings is 1. The van der Waals surface area contributed by atoms with Gasteiger partial charge in [-0.1, -0.05) is 67.4 Å². The first-order valence-corrected chi connectivity index (χ1v) is 18.3. The van der Waals surface area contributed by atoms with E-state index in [-0.39, 0.29) is 5.91 Å². The first-order valence-electron chi connectivity index (χ1n) is 18.0. The largest absolute Gasteiger partial charge is 0.492 e. The summed E-state index contributed by atoms with van der Waals surface area (Å²) in [5.74, 6) is 0.133. The van der Waals surface area contributed by atoms with Crippen LogP contribution in [0.25, 0.3) is 22.2 Å². The number of fused-ring (bicyclic) bond motifs is 1. The molecule has 1 aliphatic carbocycles. The molecule has 50 heavy (non-hydrogen) atoms. The first-order chi connectivity index (χ1) is 24.1. The third-order valence-corrected chi connectivity index (χ3v) is 10.9. The zero-order valence-electron chi connectivity index (χ0n) is 28.5. The fraction of sp³-hybridized carbons (Fsp3) is 0.450. The van der Waals surface area contributed by atoms with E-state index < -0.39 is 17.3 Å². The van der Waals surface area contributed by atoms with Crippen molar-refractivity contribution >= 4 is 28.4 Å². The van der Waals surface area contributed by atoms with Crippen molar-refractivity contribution in [2.45, 2.75) is 82.6 Å². The van der Waals surface area contributed by atoms with Crippen LogP contribution in [0, 0.1) is 0 Å². The first kappa shape index (κ1) is 34.8. The predicted octanol–water partition coefficient (Wildman–Crippen LogP) is 9.23. The van der Waals surface area contributed by atoms with Crippen LogP contribution in [0.1, 0.15) is 85.3 Å². The number of ether oxygens (including phenoxy) is 1. The van der Waals surface area contributed by atoms with E-state index in [0.717, 1.165) is 76.0 Å². The molecule has 0 radical (unpaired) electrons. The Morgan fingerprint density at radius 3 is 2.40 bits per heavy atom. The number of amides is 1. The van der Waals surface area contributed by atoms with E-state index in [2.05, 4.69) is 15.1 Å². The number of alkyl halides is 3. The number of hydrogen-bond donors (Lipinski definition) is 1. The summed E-state index contributed by atoms with van der Waals surface area (Å²) in [4.78, 5) is 24.7. The number of halogens is 4. The molecule has 7 rings (SSSR count). The third kappa shape index (κ3) is 7.37. The fourth-order valence-corrected chi connectivity index (χ4v) is 7.94. The van der Waals surface area contributed by atoms with Crippen LogP contribution in [0.4, 0.5) is 13.2 Å². The number of carbonyl (C=O) groups is 1. The van der Waals surface area contributed by atoms with E-state index in [1.165, 1.54) is 25.3 Å². The van der Waals surface area contributed by atoms with Crippen LogP contribution >= 0.6 is 11.6 Å². The highest BCUT2D eigenvalue weighted by atomic mass is 35.5. The normalized spacial score (nSPS) is 18.7. The van der Waals surface area contributed by atoms with Crippen molar-refractivity contribution in [1.29, 1.82) is 0 Å². The summed E-state index contributed by atoms with van der Waals surface area (Å²) >= 11 is 6.79. The van der Waals surface area contributed by atoms with Crippen molar-refractivity contribution in [1.82, 2.24) is 20.1 Å². The van der Waals surface area contributed by atoms with Crippen molar-refractivity contribution in [3.8, 4) is 17.0 Å². The van der Waals surface area contributed by atoms with Crippen LogP contribution in [0.2, 0.25) is 5.02 Å². The van der Waals surface area contributed by atoms with Gasteiger partial charge in [0.1, 0.15) is 5.75 Å². The second-order valence-electron chi connectivity index (χ2n) is 14.0. The lowest BCUT2D eigenvalue weighted by Crippen LogP contribution is -2.46. The van der Waals surface area contributed by atoms with Gasteiger partial charge in [0.15, 0.2) is 0 Å². The maximum atomic E-state index is 14.8. The third-order valence-electron chi connectivity index (χ3n) is 10.6. The van der Waals surface area contributed by atoms with Crippen molar-refractivity contribution in [2.75, 3.05) is 32.8 Å². The summed E-state index contributed by atoms with van der Waals surface area (Å²) in [6, 6.07) is 19.1. The lowest BCUT2D eigenvalue weighted by molar-refractivity contribution is -0.137. The molecule has 1 N–H and O–H groups in total. The lowest BCUT2D eigenvalue weighted by atomic mass is 9.93. The smallest absolute Gasteiger partial charge is 0.416 e. The monoisotopic (exact) mass is 704 g/mol.